The molecule has 1 heterocycles. The number of aliphatic hydroxyl groups is 1. The Bertz CT molecular complexity index is 442. The third kappa shape index (κ3) is 4.10. The second kappa shape index (κ2) is 6.95. The van der Waals surface area contributed by atoms with Crippen LogP contribution in [-0.2, 0) is 11.3 Å². The number of nitrogens with zero attached hydrogens (tertiary/aromatic N) is 1. The Labute approximate surface area is 113 Å². The van der Waals surface area contributed by atoms with Crippen molar-refractivity contribution >= 4 is 6.09 Å². The van der Waals surface area contributed by atoms with E-state index in [1.165, 1.54) is 5.57 Å². The lowest BCUT2D eigenvalue weighted by Crippen LogP contribution is -2.35. The van der Waals surface area contributed by atoms with Crippen LogP contribution >= 0.6 is 0 Å². The van der Waals surface area contributed by atoms with Crippen LogP contribution in [0.25, 0.3) is 0 Å². The molecular weight excluding hydrogens is 242 g/mol. The van der Waals surface area contributed by atoms with Crippen molar-refractivity contribution < 1.29 is 14.6 Å². The Hall–Kier alpha value is -1.81. The predicted octanol–water partition coefficient (Wildman–Crippen LogP) is 2.34. The lowest BCUT2D eigenvalue weighted by Gasteiger charge is -2.25. The van der Waals surface area contributed by atoms with Gasteiger partial charge in [-0.2, -0.15) is 0 Å². The maximum absolute atomic E-state index is 11.9. The van der Waals surface area contributed by atoms with E-state index in [-0.39, 0.29) is 12.7 Å². The van der Waals surface area contributed by atoms with E-state index in [2.05, 4.69) is 0 Å². The molecule has 0 fully saturated rings. The molecule has 1 N–H and O–H groups in total. The van der Waals surface area contributed by atoms with E-state index >= 15 is 0 Å². The van der Waals surface area contributed by atoms with Crippen LogP contribution in [0.2, 0.25) is 0 Å². The molecule has 1 aliphatic rings. The van der Waals surface area contributed by atoms with Gasteiger partial charge in [0, 0.05) is 19.7 Å². The van der Waals surface area contributed by atoms with Gasteiger partial charge >= 0.3 is 6.09 Å². The van der Waals surface area contributed by atoms with Gasteiger partial charge in [-0.15, -0.1) is 0 Å². The second-order valence-electron chi connectivity index (χ2n) is 4.57. The summed E-state index contributed by atoms with van der Waals surface area (Å²) in [5.74, 6) is 0. The van der Waals surface area contributed by atoms with Crippen LogP contribution in [0.1, 0.15) is 18.4 Å². The molecule has 0 saturated carbocycles. The number of aliphatic hydroxyl groups excluding tert-OH is 1. The lowest BCUT2D eigenvalue weighted by molar-refractivity contribution is 0.0987. The summed E-state index contributed by atoms with van der Waals surface area (Å²) in [5.41, 5.74) is 2.21. The average molecular weight is 261 g/mol. The zero-order valence-electron chi connectivity index (χ0n) is 10.9. The zero-order valence-corrected chi connectivity index (χ0v) is 10.9. The van der Waals surface area contributed by atoms with Gasteiger partial charge < -0.3 is 14.7 Å². The van der Waals surface area contributed by atoms with Gasteiger partial charge in [0.1, 0.15) is 6.61 Å². The van der Waals surface area contributed by atoms with Gasteiger partial charge in [-0.3, -0.25) is 0 Å². The summed E-state index contributed by atoms with van der Waals surface area (Å²) < 4.78 is 5.27. The number of amides is 1. The largest absolute Gasteiger partial charge is 0.445 e. The molecule has 0 unspecified atom stereocenters. The Morgan fingerprint density at radius 2 is 2.11 bits per heavy atom. The second-order valence-corrected chi connectivity index (χ2v) is 4.57. The van der Waals surface area contributed by atoms with Gasteiger partial charge in [0.15, 0.2) is 0 Å². The molecule has 0 aromatic heterocycles. The summed E-state index contributed by atoms with van der Waals surface area (Å²) in [7, 11) is 0. The molecule has 19 heavy (non-hydrogen) atoms. The molecule has 4 nitrogen and oxygen atoms in total. The first kappa shape index (κ1) is 13.6. The average Bonchev–Trinajstić information content (AvgIpc) is 2.47. The van der Waals surface area contributed by atoms with Crippen LogP contribution in [0.4, 0.5) is 4.79 Å². The highest BCUT2D eigenvalue weighted by molar-refractivity contribution is 5.68. The van der Waals surface area contributed by atoms with Crippen molar-refractivity contribution in [1.29, 1.82) is 0 Å². The minimum Gasteiger partial charge on any atom is -0.445 e. The first-order valence-corrected chi connectivity index (χ1v) is 6.54. The lowest BCUT2D eigenvalue weighted by atomic mass is 10.1. The summed E-state index contributed by atoms with van der Waals surface area (Å²) >= 11 is 0. The Balaban J connectivity index is 1.79. The van der Waals surface area contributed by atoms with Gasteiger partial charge in [0.25, 0.3) is 0 Å². The molecule has 1 amide bonds. The fourth-order valence-corrected chi connectivity index (χ4v) is 2.06. The van der Waals surface area contributed by atoms with Gasteiger partial charge in [-0.1, -0.05) is 42.0 Å². The maximum atomic E-state index is 11.9. The highest BCUT2D eigenvalue weighted by atomic mass is 16.6. The van der Waals surface area contributed by atoms with Crippen molar-refractivity contribution in [3.63, 3.8) is 0 Å². The molecule has 0 radical (unpaired) electrons. The Morgan fingerprint density at radius 1 is 1.32 bits per heavy atom. The van der Waals surface area contributed by atoms with Gasteiger partial charge in [0.2, 0.25) is 0 Å². The molecule has 2 rings (SSSR count). The number of carbonyl (C=O) groups is 1. The molecule has 0 spiro atoms. The van der Waals surface area contributed by atoms with Gasteiger partial charge in [-0.05, 0) is 18.4 Å². The van der Waals surface area contributed by atoms with Crippen molar-refractivity contribution in [2.75, 3.05) is 19.7 Å². The molecule has 1 aromatic carbocycles. The summed E-state index contributed by atoms with van der Waals surface area (Å²) in [6.07, 6.45) is 3.25. The summed E-state index contributed by atoms with van der Waals surface area (Å²) in [6, 6.07) is 9.65. The topological polar surface area (TPSA) is 49.8 Å². The molecule has 1 aromatic rings. The molecule has 0 bridgehead atoms. The Kier molecular flexibility index (Phi) is 4.98. The fraction of sp³-hybridized carbons (Fsp3) is 0.400. The standard InChI is InChI=1S/C15H19NO3/c17-11-8-13-6-9-16(10-7-13)15(18)19-12-14-4-2-1-3-5-14/h1-6,17H,7-12H2. The number of rotatable bonds is 4. The monoisotopic (exact) mass is 261 g/mol. The van der Waals surface area contributed by atoms with E-state index in [1.807, 2.05) is 36.4 Å². The van der Waals surface area contributed by atoms with Crippen LogP contribution in [-0.4, -0.2) is 35.8 Å². The summed E-state index contributed by atoms with van der Waals surface area (Å²) in [4.78, 5) is 13.5. The molecule has 0 aliphatic carbocycles. The van der Waals surface area contributed by atoms with Crippen LogP contribution in [0.15, 0.2) is 42.0 Å². The van der Waals surface area contributed by atoms with Crippen LogP contribution in [0.5, 0.6) is 0 Å². The van der Waals surface area contributed by atoms with E-state index in [0.29, 0.717) is 26.1 Å². The number of carbonyl (C=O) groups excluding carboxylic acids is 1. The van der Waals surface area contributed by atoms with Crippen LogP contribution < -0.4 is 0 Å². The van der Waals surface area contributed by atoms with Crippen molar-refractivity contribution in [3.8, 4) is 0 Å². The van der Waals surface area contributed by atoms with Crippen molar-refractivity contribution in [3.05, 3.63) is 47.5 Å². The Morgan fingerprint density at radius 3 is 2.74 bits per heavy atom. The fourth-order valence-electron chi connectivity index (χ4n) is 2.06. The maximum Gasteiger partial charge on any atom is 0.410 e. The van der Waals surface area contributed by atoms with Gasteiger partial charge in [0.05, 0.1) is 0 Å². The molecule has 0 saturated heterocycles. The highest BCUT2D eigenvalue weighted by Gasteiger charge is 2.17. The first-order valence-electron chi connectivity index (χ1n) is 6.54. The van der Waals surface area contributed by atoms with Crippen molar-refractivity contribution in [1.82, 2.24) is 4.90 Å². The molecule has 102 valence electrons. The SMILES string of the molecule is O=C(OCc1ccccc1)N1CC=C(CCO)CC1. The third-order valence-corrected chi connectivity index (χ3v) is 3.20. The smallest absolute Gasteiger partial charge is 0.410 e. The predicted molar refractivity (Wildman–Crippen MR) is 72.6 cm³/mol. The minimum atomic E-state index is -0.275. The van der Waals surface area contributed by atoms with Crippen LogP contribution in [0.3, 0.4) is 0 Å². The molecule has 0 atom stereocenters. The van der Waals surface area contributed by atoms with E-state index in [4.69, 9.17) is 9.84 Å². The first-order chi connectivity index (χ1) is 9.29. The zero-order chi connectivity index (χ0) is 13.5. The van der Waals surface area contributed by atoms with Crippen molar-refractivity contribution in [2.24, 2.45) is 0 Å². The van der Waals surface area contributed by atoms with Crippen LogP contribution in [0, 0.1) is 0 Å². The van der Waals surface area contributed by atoms with E-state index in [1.54, 1.807) is 4.90 Å². The number of benzene rings is 1. The summed E-state index contributed by atoms with van der Waals surface area (Å²) in [6.45, 7) is 1.72. The summed E-state index contributed by atoms with van der Waals surface area (Å²) in [5, 5.41) is 8.86. The number of ether oxygens (including phenoxy) is 1. The quantitative estimate of drug-likeness (QED) is 0.846. The molecule has 4 heteroatoms. The van der Waals surface area contributed by atoms with E-state index in [0.717, 1.165) is 12.0 Å². The van der Waals surface area contributed by atoms with Gasteiger partial charge in [-0.25, -0.2) is 4.79 Å². The highest BCUT2D eigenvalue weighted by Crippen LogP contribution is 2.14. The normalized spacial score (nSPS) is 15.0. The van der Waals surface area contributed by atoms with E-state index in [9.17, 15) is 4.79 Å². The minimum absolute atomic E-state index is 0.171. The third-order valence-electron chi connectivity index (χ3n) is 3.20. The van der Waals surface area contributed by atoms with Crippen molar-refractivity contribution in [2.45, 2.75) is 19.4 Å². The number of hydrogen-bond acceptors (Lipinski definition) is 3. The molecular formula is C15H19NO3. The number of hydrogen-bond donors (Lipinski definition) is 1. The molecule has 1 aliphatic heterocycles. The van der Waals surface area contributed by atoms with E-state index < -0.39 is 0 Å².